The molecule has 0 radical (unpaired) electrons. The predicted octanol–water partition coefficient (Wildman–Crippen LogP) is 3.55. The number of ether oxygens (including phenoxy) is 2. The van der Waals surface area contributed by atoms with E-state index < -0.39 is 10.0 Å². The number of hydrogen-bond donors (Lipinski definition) is 1. The Hall–Kier alpha value is -3.42. The number of methoxy groups -OCH3 is 1. The molecule has 3 heterocycles. The van der Waals surface area contributed by atoms with Gasteiger partial charge in [-0.1, -0.05) is 6.07 Å². The van der Waals surface area contributed by atoms with Gasteiger partial charge >= 0.3 is 0 Å². The second-order valence-electron chi connectivity index (χ2n) is 9.07. The van der Waals surface area contributed by atoms with Crippen LogP contribution in [0.15, 0.2) is 36.7 Å². The Bertz CT molecular complexity index is 1400. The van der Waals surface area contributed by atoms with Crippen molar-refractivity contribution in [3.05, 3.63) is 42.2 Å². The van der Waals surface area contributed by atoms with Crippen LogP contribution in [0, 0.1) is 11.3 Å². The topological polar surface area (TPSA) is 117 Å². The first kappa shape index (κ1) is 23.7. The van der Waals surface area contributed by atoms with Gasteiger partial charge in [0.15, 0.2) is 0 Å². The van der Waals surface area contributed by atoms with E-state index in [9.17, 15) is 13.7 Å². The quantitative estimate of drug-likeness (QED) is 0.588. The number of morpholine rings is 1. The van der Waals surface area contributed by atoms with Gasteiger partial charge in [0.05, 0.1) is 54.9 Å². The molecule has 0 saturated carbocycles. The number of aromatic nitrogens is 2. The van der Waals surface area contributed by atoms with Crippen LogP contribution in [0.1, 0.15) is 26.3 Å². The average molecular weight is 482 g/mol. The second-order valence-corrected chi connectivity index (χ2v) is 10.8. The highest BCUT2D eigenvalue weighted by atomic mass is 32.2. The van der Waals surface area contributed by atoms with Crippen LogP contribution in [0.4, 0.5) is 11.4 Å². The molecule has 1 saturated heterocycles. The van der Waals surface area contributed by atoms with Gasteiger partial charge in [0.25, 0.3) is 0 Å². The highest BCUT2D eigenvalue weighted by molar-refractivity contribution is 7.92. The van der Waals surface area contributed by atoms with Crippen LogP contribution in [0.2, 0.25) is 0 Å². The van der Waals surface area contributed by atoms with Crippen molar-refractivity contribution in [2.45, 2.75) is 32.4 Å². The molecule has 9 nitrogen and oxygen atoms in total. The zero-order valence-corrected chi connectivity index (χ0v) is 20.6. The molecule has 1 N–H and O–H groups in total. The van der Waals surface area contributed by atoms with Gasteiger partial charge in [0.2, 0.25) is 15.9 Å². The van der Waals surface area contributed by atoms with Crippen molar-refractivity contribution < 1.29 is 17.9 Å². The number of nitriles is 1. The Labute approximate surface area is 199 Å². The first-order valence-electron chi connectivity index (χ1n) is 10.8. The van der Waals surface area contributed by atoms with Crippen molar-refractivity contribution in [2.24, 2.45) is 0 Å². The van der Waals surface area contributed by atoms with Gasteiger partial charge in [-0.15, -0.1) is 0 Å². The van der Waals surface area contributed by atoms with E-state index in [1.807, 2.05) is 18.2 Å². The van der Waals surface area contributed by atoms with E-state index in [-0.39, 0.29) is 23.1 Å². The summed E-state index contributed by atoms with van der Waals surface area (Å²) in [5.74, 6) is 0.174. The highest BCUT2D eigenvalue weighted by Crippen LogP contribution is 2.39. The lowest BCUT2D eigenvalue weighted by Gasteiger charge is -2.48. The molecular formula is C24H27N5O4S. The molecule has 0 spiro atoms. The largest absolute Gasteiger partial charge is 0.480 e. The van der Waals surface area contributed by atoms with Crippen molar-refractivity contribution in [1.29, 1.82) is 5.26 Å². The van der Waals surface area contributed by atoms with Crippen molar-refractivity contribution >= 4 is 32.3 Å². The summed E-state index contributed by atoms with van der Waals surface area (Å²) >= 11 is 0. The number of anilines is 2. The van der Waals surface area contributed by atoms with Gasteiger partial charge in [-0.2, -0.15) is 5.26 Å². The van der Waals surface area contributed by atoms with E-state index in [1.54, 1.807) is 18.5 Å². The summed E-state index contributed by atoms with van der Waals surface area (Å²) in [6, 6.07) is 9.78. The maximum atomic E-state index is 11.8. The van der Waals surface area contributed by atoms with E-state index in [0.717, 1.165) is 28.4 Å². The van der Waals surface area contributed by atoms with Crippen molar-refractivity contribution in [1.82, 2.24) is 9.97 Å². The zero-order chi connectivity index (χ0) is 24.7. The van der Waals surface area contributed by atoms with E-state index in [0.29, 0.717) is 24.3 Å². The number of nitrogens with zero attached hydrogens (tertiary/aromatic N) is 4. The molecule has 0 aliphatic carbocycles. The summed E-state index contributed by atoms with van der Waals surface area (Å²) in [5, 5.41) is 10.7. The van der Waals surface area contributed by atoms with E-state index in [4.69, 9.17) is 9.47 Å². The maximum Gasteiger partial charge on any atom is 0.238 e. The molecule has 34 heavy (non-hydrogen) atoms. The smallest absolute Gasteiger partial charge is 0.238 e. The zero-order valence-electron chi connectivity index (χ0n) is 19.8. The lowest BCUT2D eigenvalue weighted by molar-refractivity contribution is 0.0422. The fourth-order valence-electron chi connectivity index (χ4n) is 4.49. The molecule has 1 unspecified atom stereocenters. The Morgan fingerprint density at radius 1 is 1.24 bits per heavy atom. The van der Waals surface area contributed by atoms with Crippen LogP contribution in [0.3, 0.4) is 0 Å². The summed E-state index contributed by atoms with van der Waals surface area (Å²) in [6.07, 6.45) is 4.30. The number of nitrogens with one attached hydrogen (secondary N) is 1. The van der Waals surface area contributed by atoms with E-state index in [2.05, 4.69) is 46.4 Å². The Balaban J connectivity index is 1.92. The van der Waals surface area contributed by atoms with Gasteiger partial charge in [-0.05, 0) is 44.5 Å². The first-order chi connectivity index (χ1) is 16.0. The second kappa shape index (κ2) is 8.74. The first-order valence-corrected chi connectivity index (χ1v) is 12.7. The van der Waals surface area contributed by atoms with E-state index >= 15 is 0 Å². The number of benzene rings is 1. The minimum absolute atomic E-state index is 0.0540. The van der Waals surface area contributed by atoms with Crippen LogP contribution in [-0.2, 0) is 14.8 Å². The third-order valence-corrected chi connectivity index (χ3v) is 6.37. The summed E-state index contributed by atoms with van der Waals surface area (Å²) in [6.45, 7) is 7.36. The standard InChI is InChI=1S/C24H27N5O4S/c1-15-13-33-14-24(2,3)29(15)22-18(10-25)12-26-20-7-6-16(8-19(20)22)17-9-21(28-34(5,30)31)23(32-4)27-11-17/h6-9,11-12,15,28H,13-14H2,1-5H3. The molecule has 0 bridgehead atoms. The Kier molecular flexibility index (Phi) is 6.10. The molecule has 2 aromatic heterocycles. The Morgan fingerprint density at radius 2 is 2.00 bits per heavy atom. The summed E-state index contributed by atoms with van der Waals surface area (Å²) in [4.78, 5) is 11.0. The van der Waals surface area contributed by atoms with Crippen LogP contribution in [0.5, 0.6) is 5.88 Å². The lowest BCUT2D eigenvalue weighted by atomic mass is 9.94. The minimum Gasteiger partial charge on any atom is -0.480 e. The molecule has 0 amide bonds. The van der Waals surface area contributed by atoms with Crippen LogP contribution < -0.4 is 14.4 Å². The van der Waals surface area contributed by atoms with Crippen molar-refractivity contribution in [2.75, 3.05) is 36.2 Å². The third-order valence-electron chi connectivity index (χ3n) is 5.78. The SMILES string of the molecule is COc1ncc(-c2ccc3ncc(C#N)c(N4C(C)COCC4(C)C)c3c2)cc1NS(C)(=O)=O. The highest BCUT2D eigenvalue weighted by Gasteiger charge is 2.37. The molecule has 1 atom stereocenters. The molecular weight excluding hydrogens is 454 g/mol. The third kappa shape index (κ3) is 4.49. The molecule has 178 valence electrons. The number of pyridine rings is 2. The average Bonchev–Trinajstić information content (AvgIpc) is 2.77. The molecule has 1 aliphatic heterocycles. The summed E-state index contributed by atoms with van der Waals surface area (Å²) in [7, 11) is -2.10. The minimum atomic E-state index is -3.53. The molecule has 10 heteroatoms. The summed E-state index contributed by atoms with van der Waals surface area (Å²) < 4.78 is 37.1. The molecule has 1 aromatic carbocycles. The molecule has 4 rings (SSSR count). The van der Waals surface area contributed by atoms with Crippen molar-refractivity contribution in [3.8, 4) is 23.1 Å². The van der Waals surface area contributed by atoms with Gasteiger partial charge in [-0.3, -0.25) is 9.71 Å². The Morgan fingerprint density at radius 3 is 2.65 bits per heavy atom. The summed E-state index contributed by atoms with van der Waals surface area (Å²) in [5.41, 5.74) is 3.46. The number of rotatable bonds is 5. The normalized spacial score (nSPS) is 17.9. The molecule has 3 aromatic rings. The van der Waals surface area contributed by atoms with Crippen molar-refractivity contribution in [3.63, 3.8) is 0 Å². The molecule has 1 fully saturated rings. The number of hydrogen-bond acceptors (Lipinski definition) is 8. The molecule has 1 aliphatic rings. The monoisotopic (exact) mass is 481 g/mol. The maximum absolute atomic E-state index is 11.8. The fourth-order valence-corrected chi connectivity index (χ4v) is 5.03. The van der Waals surface area contributed by atoms with Gasteiger partial charge in [-0.25, -0.2) is 13.4 Å². The predicted molar refractivity (Wildman–Crippen MR) is 132 cm³/mol. The van der Waals surface area contributed by atoms with Gasteiger partial charge in [0.1, 0.15) is 11.8 Å². The number of fused-ring (bicyclic) bond motifs is 1. The fraction of sp³-hybridized carbons (Fsp3) is 0.375. The van der Waals surface area contributed by atoms with Crippen LogP contribution in [-0.4, -0.2) is 56.5 Å². The van der Waals surface area contributed by atoms with Gasteiger partial charge < -0.3 is 14.4 Å². The lowest BCUT2D eigenvalue weighted by Crippen LogP contribution is -2.58. The van der Waals surface area contributed by atoms with Crippen LogP contribution in [0.25, 0.3) is 22.0 Å². The van der Waals surface area contributed by atoms with Crippen LogP contribution >= 0.6 is 0 Å². The van der Waals surface area contributed by atoms with Gasteiger partial charge in [0, 0.05) is 23.3 Å². The number of sulfonamides is 1. The van der Waals surface area contributed by atoms with E-state index in [1.165, 1.54) is 7.11 Å².